The van der Waals surface area contributed by atoms with Gasteiger partial charge in [-0.1, -0.05) is 38.1 Å². The molecule has 98 valence electrons. The maximum Gasteiger partial charge on any atom is 0.0283 e. The van der Waals surface area contributed by atoms with E-state index in [0.717, 1.165) is 17.7 Å². The topological polar surface area (TPSA) is 0 Å². The molecule has 1 heteroatoms. The van der Waals surface area contributed by atoms with E-state index in [1.807, 2.05) is 0 Å². The van der Waals surface area contributed by atoms with Gasteiger partial charge in [-0.3, -0.25) is 0 Å². The van der Waals surface area contributed by atoms with Gasteiger partial charge in [0.25, 0.3) is 0 Å². The number of benzene rings is 1. The molecule has 18 heavy (non-hydrogen) atoms. The summed E-state index contributed by atoms with van der Waals surface area (Å²) in [6.45, 7) is 4.50. The zero-order valence-corrected chi connectivity index (χ0v) is 12.2. The number of rotatable bonds is 4. The number of halogens is 1. The predicted octanol–water partition coefficient (Wildman–Crippen LogP) is 5.01. The second kappa shape index (κ2) is 4.56. The van der Waals surface area contributed by atoms with Crippen LogP contribution < -0.4 is 0 Å². The largest absolute Gasteiger partial charge is 0.126 e. The van der Waals surface area contributed by atoms with Crippen molar-refractivity contribution in [1.29, 1.82) is 0 Å². The zero-order valence-electron chi connectivity index (χ0n) is 11.5. The monoisotopic (exact) mass is 262 g/mol. The molecule has 0 spiro atoms. The molecule has 0 radical (unpaired) electrons. The molecule has 0 N–H and O–H groups in total. The van der Waals surface area contributed by atoms with Crippen LogP contribution in [0.4, 0.5) is 0 Å². The number of hydrogen-bond acceptors (Lipinski definition) is 0. The van der Waals surface area contributed by atoms with Gasteiger partial charge in [0.05, 0.1) is 0 Å². The lowest BCUT2D eigenvalue weighted by atomic mass is 9.79. The highest BCUT2D eigenvalue weighted by molar-refractivity contribution is 6.18. The Morgan fingerprint density at radius 1 is 1.17 bits per heavy atom. The number of fused-ring (bicyclic) bond motifs is 1. The van der Waals surface area contributed by atoms with Crippen LogP contribution in [0, 0.1) is 17.3 Å². The molecule has 3 rings (SSSR count). The summed E-state index contributed by atoms with van der Waals surface area (Å²) < 4.78 is 0. The highest BCUT2D eigenvalue weighted by Crippen LogP contribution is 2.61. The molecule has 0 aliphatic heterocycles. The first-order chi connectivity index (χ1) is 8.62. The van der Waals surface area contributed by atoms with E-state index >= 15 is 0 Å². The van der Waals surface area contributed by atoms with E-state index in [0.29, 0.717) is 11.3 Å². The van der Waals surface area contributed by atoms with Crippen molar-refractivity contribution in [2.75, 3.05) is 5.88 Å². The number of alkyl halides is 1. The Hall–Kier alpha value is -0.490. The van der Waals surface area contributed by atoms with Gasteiger partial charge in [0, 0.05) is 5.88 Å². The molecule has 1 aromatic rings. The SMILES string of the molecule is CC(C)c1ccc(CC2(CCl)CC3CC3C2)cc1. The van der Waals surface area contributed by atoms with E-state index in [4.69, 9.17) is 11.6 Å². The van der Waals surface area contributed by atoms with Crippen LogP contribution in [0.3, 0.4) is 0 Å². The van der Waals surface area contributed by atoms with Gasteiger partial charge in [-0.2, -0.15) is 0 Å². The fourth-order valence-corrected chi connectivity index (χ4v) is 4.07. The lowest BCUT2D eigenvalue weighted by Crippen LogP contribution is -2.23. The summed E-state index contributed by atoms with van der Waals surface area (Å²) in [7, 11) is 0. The van der Waals surface area contributed by atoms with E-state index in [-0.39, 0.29) is 0 Å². The Labute approximate surface area is 116 Å². The summed E-state index contributed by atoms with van der Waals surface area (Å²) in [5, 5.41) is 0. The first-order valence-corrected chi connectivity index (χ1v) is 7.80. The molecule has 0 heterocycles. The summed E-state index contributed by atoms with van der Waals surface area (Å²) in [6, 6.07) is 9.20. The van der Waals surface area contributed by atoms with Gasteiger partial charge in [-0.25, -0.2) is 0 Å². The molecular formula is C17H23Cl. The van der Waals surface area contributed by atoms with Crippen molar-refractivity contribution in [2.24, 2.45) is 17.3 Å². The van der Waals surface area contributed by atoms with Crippen LogP contribution in [0.2, 0.25) is 0 Å². The average molecular weight is 263 g/mol. The molecule has 1 aromatic carbocycles. The normalized spacial score (nSPS) is 33.8. The maximum absolute atomic E-state index is 6.28. The first kappa shape index (κ1) is 12.5. The van der Waals surface area contributed by atoms with Gasteiger partial charge in [-0.05, 0) is 60.0 Å². The lowest BCUT2D eigenvalue weighted by Gasteiger charge is -2.28. The smallest absolute Gasteiger partial charge is 0.0283 e. The Morgan fingerprint density at radius 3 is 2.28 bits per heavy atom. The third-order valence-corrected chi connectivity index (χ3v) is 5.54. The summed E-state index contributed by atoms with van der Waals surface area (Å²) in [5.74, 6) is 3.49. The molecule has 2 aliphatic carbocycles. The van der Waals surface area contributed by atoms with E-state index in [2.05, 4.69) is 38.1 Å². The van der Waals surface area contributed by atoms with E-state index in [9.17, 15) is 0 Å². The van der Waals surface area contributed by atoms with Gasteiger partial charge in [0.15, 0.2) is 0 Å². The van der Waals surface area contributed by atoms with Crippen LogP contribution in [0.15, 0.2) is 24.3 Å². The Kier molecular flexibility index (Phi) is 3.18. The van der Waals surface area contributed by atoms with E-state index < -0.39 is 0 Å². The van der Waals surface area contributed by atoms with Crippen molar-refractivity contribution in [3.63, 3.8) is 0 Å². The van der Waals surface area contributed by atoms with Gasteiger partial charge in [0.1, 0.15) is 0 Å². The van der Waals surface area contributed by atoms with Crippen LogP contribution in [0.5, 0.6) is 0 Å². The molecule has 0 aromatic heterocycles. The van der Waals surface area contributed by atoms with Crippen molar-refractivity contribution in [3.05, 3.63) is 35.4 Å². The van der Waals surface area contributed by atoms with Crippen molar-refractivity contribution in [2.45, 2.75) is 45.4 Å². The second-order valence-corrected chi connectivity index (χ2v) is 7.14. The van der Waals surface area contributed by atoms with E-state index in [1.54, 1.807) is 0 Å². The van der Waals surface area contributed by atoms with Crippen LogP contribution in [0.25, 0.3) is 0 Å². The molecular weight excluding hydrogens is 240 g/mol. The van der Waals surface area contributed by atoms with Crippen molar-refractivity contribution < 1.29 is 0 Å². The Bertz CT molecular complexity index is 408. The van der Waals surface area contributed by atoms with Crippen molar-refractivity contribution in [1.82, 2.24) is 0 Å². The average Bonchev–Trinajstić information content (AvgIpc) is 2.98. The molecule has 0 nitrogen and oxygen atoms in total. The molecule has 0 amide bonds. The quantitative estimate of drug-likeness (QED) is 0.670. The molecule has 2 aliphatic rings. The van der Waals surface area contributed by atoms with Gasteiger partial charge in [0.2, 0.25) is 0 Å². The fraction of sp³-hybridized carbons (Fsp3) is 0.647. The molecule has 0 saturated heterocycles. The minimum absolute atomic E-state index is 0.411. The highest BCUT2D eigenvalue weighted by Gasteiger charge is 2.53. The molecule has 0 bridgehead atoms. The summed E-state index contributed by atoms with van der Waals surface area (Å²) in [5.41, 5.74) is 3.32. The molecule has 2 fully saturated rings. The third kappa shape index (κ3) is 2.32. The summed E-state index contributed by atoms with van der Waals surface area (Å²) in [4.78, 5) is 0. The van der Waals surface area contributed by atoms with Gasteiger partial charge in [-0.15, -0.1) is 11.6 Å². The lowest BCUT2D eigenvalue weighted by molar-refractivity contribution is 0.303. The van der Waals surface area contributed by atoms with Crippen molar-refractivity contribution >= 4 is 11.6 Å². The van der Waals surface area contributed by atoms with Gasteiger partial charge >= 0.3 is 0 Å². The first-order valence-electron chi connectivity index (χ1n) is 7.27. The second-order valence-electron chi connectivity index (χ2n) is 6.87. The van der Waals surface area contributed by atoms with Crippen molar-refractivity contribution in [3.8, 4) is 0 Å². The summed E-state index contributed by atoms with van der Waals surface area (Å²) in [6.07, 6.45) is 5.40. The van der Waals surface area contributed by atoms with E-state index in [1.165, 1.54) is 36.8 Å². The standard InChI is InChI=1S/C17H23Cl/c1-12(2)14-5-3-13(4-6-14)8-17(11-18)9-15-7-16(15)10-17/h3-6,12,15-16H,7-11H2,1-2H3. The van der Waals surface area contributed by atoms with Crippen LogP contribution in [-0.2, 0) is 6.42 Å². The Morgan fingerprint density at radius 2 is 1.78 bits per heavy atom. The maximum atomic E-state index is 6.28. The third-order valence-electron chi connectivity index (χ3n) is 4.97. The molecule has 2 atom stereocenters. The molecule has 2 unspecified atom stereocenters. The number of hydrogen-bond donors (Lipinski definition) is 0. The Balaban J connectivity index is 1.71. The minimum Gasteiger partial charge on any atom is -0.126 e. The fourth-order valence-electron chi connectivity index (χ4n) is 3.76. The summed E-state index contributed by atoms with van der Waals surface area (Å²) >= 11 is 6.28. The van der Waals surface area contributed by atoms with Crippen LogP contribution >= 0.6 is 11.6 Å². The molecule has 2 saturated carbocycles. The minimum atomic E-state index is 0.411. The van der Waals surface area contributed by atoms with Gasteiger partial charge < -0.3 is 0 Å². The predicted molar refractivity (Wildman–Crippen MR) is 78.2 cm³/mol. The van der Waals surface area contributed by atoms with Crippen LogP contribution in [-0.4, -0.2) is 5.88 Å². The van der Waals surface area contributed by atoms with Crippen LogP contribution in [0.1, 0.15) is 50.2 Å². The zero-order chi connectivity index (χ0) is 12.8. The highest BCUT2D eigenvalue weighted by atomic mass is 35.5.